The molecule has 6 nitrogen and oxygen atoms in total. The van der Waals surface area contributed by atoms with E-state index in [2.05, 4.69) is 0 Å². The third kappa shape index (κ3) is 2.42. The number of rotatable bonds is 2. The van der Waals surface area contributed by atoms with Crippen LogP contribution in [0.1, 0.15) is 43.0 Å². The quantitative estimate of drug-likeness (QED) is 0.774. The van der Waals surface area contributed by atoms with Crippen LogP contribution in [0.5, 0.6) is 0 Å². The Morgan fingerprint density at radius 1 is 1.08 bits per heavy atom. The first kappa shape index (κ1) is 16.1. The molecule has 3 fully saturated rings. The first-order chi connectivity index (χ1) is 12.0. The molecule has 0 bridgehead atoms. The Morgan fingerprint density at radius 3 is 2.40 bits per heavy atom. The fourth-order valence-corrected chi connectivity index (χ4v) is 4.38. The second-order valence-electron chi connectivity index (χ2n) is 7.38. The van der Waals surface area contributed by atoms with Gasteiger partial charge in [-0.2, -0.15) is 0 Å². The average molecular weight is 341 g/mol. The molecule has 1 aromatic rings. The van der Waals surface area contributed by atoms with E-state index in [-0.39, 0.29) is 23.9 Å². The Morgan fingerprint density at radius 2 is 1.76 bits per heavy atom. The molecule has 1 atom stereocenters. The molecule has 0 spiro atoms. The summed E-state index contributed by atoms with van der Waals surface area (Å²) in [5.74, 6) is -0.0338. The molecule has 3 saturated heterocycles. The van der Waals surface area contributed by atoms with E-state index >= 15 is 0 Å². The molecule has 3 heterocycles. The van der Waals surface area contributed by atoms with E-state index in [1.807, 2.05) is 42.2 Å². The van der Waals surface area contributed by atoms with Crippen molar-refractivity contribution in [1.29, 1.82) is 0 Å². The van der Waals surface area contributed by atoms with Gasteiger partial charge in [0.05, 0.1) is 0 Å². The highest BCUT2D eigenvalue weighted by molar-refractivity contribution is 6.07. The highest BCUT2D eigenvalue weighted by Crippen LogP contribution is 2.39. The van der Waals surface area contributed by atoms with Crippen molar-refractivity contribution in [3.8, 4) is 0 Å². The lowest BCUT2D eigenvalue weighted by atomic mass is 9.97. The van der Waals surface area contributed by atoms with E-state index in [4.69, 9.17) is 0 Å². The van der Waals surface area contributed by atoms with Crippen LogP contribution in [0.25, 0.3) is 0 Å². The Bertz CT molecular complexity index is 712. The first-order valence-corrected chi connectivity index (χ1v) is 9.02. The molecular weight excluding hydrogens is 318 g/mol. The molecule has 0 saturated carbocycles. The molecule has 6 heteroatoms. The van der Waals surface area contributed by atoms with Gasteiger partial charge in [0, 0.05) is 31.2 Å². The summed E-state index contributed by atoms with van der Waals surface area (Å²) in [5, 5.41) is 0. The molecule has 0 radical (unpaired) electrons. The van der Waals surface area contributed by atoms with Gasteiger partial charge in [0.25, 0.3) is 11.8 Å². The minimum atomic E-state index is -0.645. The SMILES string of the molecule is C[C@]12CCCN1C(=O)N(C1CCN(C(=O)c3ccccc3)CC1)C2=O. The van der Waals surface area contributed by atoms with E-state index in [1.165, 1.54) is 4.90 Å². The number of nitrogens with zero attached hydrogens (tertiary/aromatic N) is 3. The number of hydrogen-bond acceptors (Lipinski definition) is 3. The summed E-state index contributed by atoms with van der Waals surface area (Å²) in [6.45, 7) is 3.70. The number of hydrogen-bond donors (Lipinski definition) is 0. The number of piperidine rings is 1. The predicted molar refractivity (Wildman–Crippen MR) is 92.0 cm³/mol. The predicted octanol–water partition coefficient (Wildman–Crippen LogP) is 2.11. The van der Waals surface area contributed by atoms with Crippen molar-refractivity contribution in [2.24, 2.45) is 0 Å². The topological polar surface area (TPSA) is 60.9 Å². The van der Waals surface area contributed by atoms with Crippen LogP contribution < -0.4 is 0 Å². The summed E-state index contributed by atoms with van der Waals surface area (Å²) in [5.41, 5.74) is 0.0380. The monoisotopic (exact) mass is 341 g/mol. The maximum atomic E-state index is 12.8. The molecule has 0 N–H and O–H groups in total. The fourth-order valence-electron chi connectivity index (χ4n) is 4.38. The van der Waals surface area contributed by atoms with Gasteiger partial charge in [-0.05, 0) is 44.7 Å². The molecule has 3 aliphatic rings. The van der Waals surface area contributed by atoms with E-state index in [1.54, 1.807) is 4.90 Å². The minimum Gasteiger partial charge on any atom is -0.338 e. The van der Waals surface area contributed by atoms with Crippen LogP contribution in [-0.2, 0) is 4.79 Å². The van der Waals surface area contributed by atoms with E-state index in [0.717, 1.165) is 12.8 Å². The lowest BCUT2D eigenvalue weighted by Crippen LogP contribution is -2.50. The van der Waals surface area contributed by atoms with Gasteiger partial charge in [-0.3, -0.25) is 14.5 Å². The Balaban J connectivity index is 1.43. The summed E-state index contributed by atoms with van der Waals surface area (Å²) in [4.78, 5) is 43.1. The molecule has 132 valence electrons. The van der Waals surface area contributed by atoms with Gasteiger partial charge in [0.2, 0.25) is 0 Å². The van der Waals surface area contributed by atoms with Crippen molar-refractivity contribution in [3.63, 3.8) is 0 Å². The summed E-state index contributed by atoms with van der Waals surface area (Å²) in [7, 11) is 0. The summed E-state index contributed by atoms with van der Waals surface area (Å²) < 4.78 is 0. The van der Waals surface area contributed by atoms with Gasteiger partial charge in [0.1, 0.15) is 5.54 Å². The second kappa shape index (κ2) is 5.86. The normalized spacial score (nSPS) is 27.2. The zero-order valence-electron chi connectivity index (χ0n) is 14.5. The lowest BCUT2D eigenvalue weighted by molar-refractivity contribution is -0.133. The average Bonchev–Trinajstić information content (AvgIpc) is 3.12. The smallest absolute Gasteiger partial charge is 0.327 e. The van der Waals surface area contributed by atoms with Gasteiger partial charge in [0.15, 0.2) is 0 Å². The van der Waals surface area contributed by atoms with E-state index < -0.39 is 5.54 Å². The maximum Gasteiger partial charge on any atom is 0.327 e. The number of benzene rings is 1. The van der Waals surface area contributed by atoms with Crippen molar-refractivity contribution < 1.29 is 14.4 Å². The van der Waals surface area contributed by atoms with E-state index in [0.29, 0.717) is 38.0 Å². The van der Waals surface area contributed by atoms with Crippen molar-refractivity contribution in [3.05, 3.63) is 35.9 Å². The molecule has 1 aromatic carbocycles. The Kier molecular flexibility index (Phi) is 3.78. The van der Waals surface area contributed by atoms with Crippen LogP contribution in [0.15, 0.2) is 30.3 Å². The fraction of sp³-hybridized carbons (Fsp3) is 0.526. The van der Waals surface area contributed by atoms with Crippen LogP contribution >= 0.6 is 0 Å². The number of carbonyl (C=O) groups excluding carboxylic acids is 3. The molecule has 25 heavy (non-hydrogen) atoms. The van der Waals surface area contributed by atoms with Crippen molar-refractivity contribution in [2.45, 2.75) is 44.2 Å². The number of amides is 4. The van der Waals surface area contributed by atoms with Crippen LogP contribution in [0.4, 0.5) is 4.79 Å². The van der Waals surface area contributed by atoms with Crippen LogP contribution in [0, 0.1) is 0 Å². The highest BCUT2D eigenvalue weighted by Gasteiger charge is 2.58. The molecule has 0 unspecified atom stereocenters. The van der Waals surface area contributed by atoms with Gasteiger partial charge < -0.3 is 9.80 Å². The highest BCUT2D eigenvalue weighted by atomic mass is 16.2. The minimum absolute atomic E-state index is 0.0192. The van der Waals surface area contributed by atoms with Crippen LogP contribution in [-0.4, -0.2) is 63.8 Å². The second-order valence-corrected chi connectivity index (χ2v) is 7.38. The van der Waals surface area contributed by atoms with Gasteiger partial charge in [-0.15, -0.1) is 0 Å². The zero-order chi connectivity index (χ0) is 17.6. The Labute approximate surface area is 147 Å². The molecule has 3 aliphatic heterocycles. The van der Waals surface area contributed by atoms with Crippen molar-refractivity contribution in [2.75, 3.05) is 19.6 Å². The third-order valence-corrected chi connectivity index (χ3v) is 5.90. The molecule has 4 rings (SSSR count). The number of carbonyl (C=O) groups is 3. The number of fused-ring (bicyclic) bond motifs is 1. The number of imide groups is 1. The largest absolute Gasteiger partial charge is 0.338 e. The van der Waals surface area contributed by atoms with Gasteiger partial charge in [-0.1, -0.05) is 18.2 Å². The zero-order valence-corrected chi connectivity index (χ0v) is 14.5. The van der Waals surface area contributed by atoms with E-state index in [9.17, 15) is 14.4 Å². The van der Waals surface area contributed by atoms with Crippen molar-refractivity contribution in [1.82, 2.24) is 14.7 Å². The Hall–Kier alpha value is -2.37. The number of urea groups is 1. The molecule has 0 aromatic heterocycles. The van der Waals surface area contributed by atoms with Gasteiger partial charge in [-0.25, -0.2) is 4.79 Å². The first-order valence-electron chi connectivity index (χ1n) is 9.02. The maximum absolute atomic E-state index is 12.8. The molecule has 0 aliphatic carbocycles. The summed E-state index contributed by atoms with van der Waals surface area (Å²) in [6.07, 6.45) is 2.95. The third-order valence-electron chi connectivity index (χ3n) is 5.90. The molecule has 4 amide bonds. The van der Waals surface area contributed by atoms with Crippen LogP contribution in [0.3, 0.4) is 0 Å². The standard InChI is InChI=1S/C19H23N3O3/c1-19-10-5-11-21(19)18(25)22(17(19)24)15-8-12-20(13-9-15)16(23)14-6-3-2-4-7-14/h2-4,6-7,15H,5,8-13H2,1H3/t19-/m1/s1. The molecular formula is C19H23N3O3. The number of likely N-dealkylation sites (tertiary alicyclic amines) is 1. The van der Waals surface area contributed by atoms with Crippen molar-refractivity contribution >= 4 is 17.8 Å². The summed E-state index contributed by atoms with van der Waals surface area (Å²) >= 11 is 0. The van der Waals surface area contributed by atoms with Gasteiger partial charge >= 0.3 is 6.03 Å². The lowest BCUT2D eigenvalue weighted by Gasteiger charge is -2.35. The van der Waals surface area contributed by atoms with Crippen LogP contribution in [0.2, 0.25) is 0 Å². The summed E-state index contributed by atoms with van der Waals surface area (Å²) in [6, 6.07) is 9.00.